The Morgan fingerprint density at radius 1 is 1.44 bits per heavy atom. The SMILES string of the molecule is CSc1nc(N)cc(NCCOC2CCCC2)n1. The van der Waals surface area contributed by atoms with Crippen molar-refractivity contribution in [1.82, 2.24) is 9.97 Å². The number of nitrogen functional groups attached to an aromatic ring is 1. The molecule has 1 aromatic rings. The minimum atomic E-state index is 0.462. The van der Waals surface area contributed by atoms with Crippen LogP contribution in [0.15, 0.2) is 11.2 Å². The summed E-state index contributed by atoms with van der Waals surface area (Å²) >= 11 is 1.48. The highest BCUT2D eigenvalue weighted by Crippen LogP contribution is 2.20. The third kappa shape index (κ3) is 4.03. The number of hydrogen-bond acceptors (Lipinski definition) is 6. The van der Waals surface area contributed by atoms with Crippen molar-refractivity contribution >= 4 is 23.4 Å². The quantitative estimate of drug-likeness (QED) is 0.468. The average molecular weight is 268 g/mol. The third-order valence-corrected chi connectivity index (χ3v) is 3.52. The highest BCUT2D eigenvalue weighted by molar-refractivity contribution is 7.98. The molecule has 1 heterocycles. The summed E-state index contributed by atoms with van der Waals surface area (Å²) in [6.45, 7) is 1.46. The zero-order valence-corrected chi connectivity index (χ0v) is 11.5. The van der Waals surface area contributed by atoms with Crippen molar-refractivity contribution in [2.45, 2.75) is 36.9 Å². The standard InChI is InChI=1S/C12H20N4OS/c1-18-12-15-10(13)8-11(16-12)14-6-7-17-9-4-2-3-5-9/h8-9H,2-7H2,1H3,(H3,13,14,15,16). The molecule has 3 N–H and O–H groups in total. The van der Waals surface area contributed by atoms with Gasteiger partial charge in [-0.3, -0.25) is 0 Å². The molecule has 0 unspecified atom stereocenters. The van der Waals surface area contributed by atoms with E-state index in [-0.39, 0.29) is 0 Å². The first-order valence-corrected chi connectivity index (χ1v) is 7.54. The number of thioether (sulfide) groups is 1. The summed E-state index contributed by atoms with van der Waals surface area (Å²) in [5, 5.41) is 3.90. The van der Waals surface area contributed by atoms with Gasteiger partial charge in [0.25, 0.3) is 0 Å². The second-order valence-corrected chi connectivity index (χ2v) is 5.14. The molecule has 18 heavy (non-hydrogen) atoms. The van der Waals surface area contributed by atoms with Crippen LogP contribution in [-0.2, 0) is 4.74 Å². The van der Waals surface area contributed by atoms with Crippen LogP contribution in [-0.4, -0.2) is 35.5 Å². The van der Waals surface area contributed by atoms with Crippen molar-refractivity contribution in [2.75, 3.05) is 30.5 Å². The highest BCUT2D eigenvalue weighted by atomic mass is 32.2. The molecule has 0 bridgehead atoms. The van der Waals surface area contributed by atoms with E-state index in [0.717, 1.165) is 12.4 Å². The van der Waals surface area contributed by atoms with Crippen molar-refractivity contribution in [1.29, 1.82) is 0 Å². The molecular formula is C12H20N4OS. The maximum Gasteiger partial charge on any atom is 0.191 e. The van der Waals surface area contributed by atoms with Crippen LogP contribution < -0.4 is 11.1 Å². The third-order valence-electron chi connectivity index (χ3n) is 2.97. The zero-order valence-electron chi connectivity index (χ0n) is 10.7. The topological polar surface area (TPSA) is 73.1 Å². The van der Waals surface area contributed by atoms with E-state index >= 15 is 0 Å². The van der Waals surface area contributed by atoms with Gasteiger partial charge in [0, 0.05) is 12.6 Å². The number of nitrogens with one attached hydrogen (secondary N) is 1. The predicted molar refractivity (Wildman–Crippen MR) is 74.9 cm³/mol. The Bertz CT molecular complexity index is 382. The van der Waals surface area contributed by atoms with Crippen molar-refractivity contribution in [3.05, 3.63) is 6.07 Å². The van der Waals surface area contributed by atoms with E-state index in [0.29, 0.717) is 23.7 Å². The molecule has 0 aromatic carbocycles. The van der Waals surface area contributed by atoms with Crippen LogP contribution in [0, 0.1) is 0 Å². The summed E-state index contributed by atoms with van der Waals surface area (Å²) in [7, 11) is 0. The molecule has 0 spiro atoms. The fourth-order valence-corrected chi connectivity index (χ4v) is 2.47. The first-order valence-electron chi connectivity index (χ1n) is 6.32. The van der Waals surface area contributed by atoms with Crippen LogP contribution >= 0.6 is 11.8 Å². The number of aromatic nitrogens is 2. The Kier molecular flexibility index (Phi) is 5.07. The van der Waals surface area contributed by atoms with Crippen LogP contribution in [0.5, 0.6) is 0 Å². The van der Waals surface area contributed by atoms with Gasteiger partial charge in [-0.25, -0.2) is 9.97 Å². The Morgan fingerprint density at radius 2 is 2.22 bits per heavy atom. The summed E-state index contributed by atoms with van der Waals surface area (Å²) in [6, 6.07) is 1.75. The summed E-state index contributed by atoms with van der Waals surface area (Å²) in [5.41, 5.74) is 5.70. The number of anilines is 2. The Morgan fingerprint density at radius 3 is 2.94 bits per heavy atom. The van der Waals surface area contributed by atoms with Crippen LogP contribution in [0.3, 0.4) is 0 Å². The second kappa shape index (κ2) is 6.80. The number of nitrogens with zero attached hydrogens (tertiary/aromatic N) is 2. The lowest BCUT2D eigenvalue weighted by Gasteiger charge is -2.12. The van der Waals surface area contributed by atoms with E-state index in [1.165, 1.54) is 37.4 Å². The highest BCUT2D eigenvalue weighted by Gasteiger charge is 2.14. The van der Waals surface area contributed by atoms with Crippen LogP contribution in [0.1, 0.15) is 25.7 Å². The molecule has 6 heteroatoms. The second-order valence-electron chi connectivity index (χ2n) is 4.37. The summed E-state index contributed by atoms with van der Waals surface area (Å²) < 4.78 is 5.77. The smallest absolute Gasteiger partial charge is 0.191 e. The fourth-order valence-electron chi connectivity index (χ4n) is 2.08. The van der Waals surface area contributed by atoms with Gasteiger partial charge in [0.05, 0.1) is 12.7 Å². The van der Waals surface area contributed by atoms with E-state index in [9.17, 15) is 0 Å². The Hall–Kier alpha value is -1.01. The lowest BCUT2D eigenvalue weighted by atomic mass is 10.3. The maximum atomic E-state index is 5.77. The fraction of sp³-hybridized carbons (Fsp3) is 0.667. The zero-order chi connectivity index (χ0) is 12.8. The van der Waals surface area contributed by atoms with Gasteiger partial charge in [-0.2, -0.15) is 0 Å². The lowest BCUT2D eigenvalue weighted by Crippen LogP contribution is -2.16. The van der Waals surface area contributed by atoms with E-state index < -0.39 is 0 Å². The van der Waals surface area contributed by atoms with Gasteiger partial charge >= 0.3 is 0 Å². The largest absolute Gasteiger partial charge is 0.383 e. The summed E-state index contributed by atoms with van der Waals surface area (Å²) in [5.74, 6) is 1.26. The Labute approximate surface area is 112 Å². The molecule has 0 amide bonds. The molecule has 1 aliphatic carbocycles. The van der Waals surface area contributed by atoms with Crippen LogP contribution in [0.25, 0.3) is 0 Å². The Balaban J connectivity index is 1.73. The number of rotatable bonds is 6. The minimum Gasteiger partial charge on any atom is -0.383 e. The van der Waals surface area contributed by atoms with Gasteiger partial charge < -0.3 is 15.8 Å². The van der Waals surface area contributed by atoms with E-state index in [4.69, 9.17) is 10.5 Å². The molecule has 0 radical (unpaired) electrons. The molecule has 0 aliphatic heterocycles. The molecular weight excluding hydrogens is 248 g/mol. The summed E-state index contributed by atoms with van der Waals surface area (Å²) in [4.78, 5) is 8.43. The van der Waals surface area contributed by atoms with Gasteiger partial charge in [-0.1, -0.05) is 24.6 Å². The normalized spacial score (nSPS) is 16.1. The molecule has 5 nitrogen and oxygen atoms in total. The molecule has 100 valence electrons. The predicted octanol–water partition coefficient (Wildman–Crippen LogP) is 2.15. The van der Waals surface area contributed by atoms with Crippen molar-refractivity contribution < 1.29 is 4.74 Å². The number of hydrogen-bond donors (Lipinski definition) is 2. The van der Waals surface area contributed by atoms with Gasteiger partial charge in [-0.15, -0.1) is 0 Å². The summed E-state index contributed by atoms with van der Waals surface area (Å²) in [6.07, 6.45) is 7.41. The van der Waals surface area contributed by atoms with E-state index in [2.05, 4.69) is 15.3 Å². The van der Waals surface area contributed by atoms with Gasteiger partial charge in [0.15, 0.2) is 5.16 Å². The first kappa shape index (κ1) is 13.4. The van der Waals surface area contributed by atoms with Gasteiger partial charge in [0.2, 0.25) is 0 Å². The number of ether oxygens (including phenoxy) is 1. The average Bonchev–Trinajstić information content (AvgIpc) is 2.87. The molecule has 1 aliphatic rings. The molecule has 0 atom stereocenters. The number of nitrogens with two attached hydrogens (primary N) is 1. The molecule has 2 rings (SSSR count). The van der Waals surface area contributed by atoms with Crippen molar-refractivity contribution in [2.24, 2.45) is 0 Å². The maximum absolute atomic E-state index is 5.77. The molecule has 1 saturated carbocycles. The van der Waals surface area contributed by atoms with Crippen LogP contribution in [0.2, 0.25) is 0 Å². The molecule has 1 aromatic heterocycles. The van der Waals surface area contributed by atoms with Crippen molar-refractivity contribution in [3.8, 4) is 0 Å². The van der Waals surface area contributed by atoms with Crippen molar-refractivity contribution in [3.63, 3.8) is 0 Å². The molecule has 0 saturated heterocycles. The lowest BCUT2D eigenvalue weighted by molar-refractivity contribution is 0.0658. The monoisotopic (exact) mass is 268 g/mol. The van der Waals surface area contributed by atoms with E-state index in [1.54, 1.807) is 6.07 Å². The van der Waals surface area contributed by atoms with Gasteiger partial charge in [-0.05, 0) is 19.1 Å². The van der Waals surface area contributed by atoms with Crippen LogP contribution in [0.4, 0.5) is 11.6 Å². The first-order chi connectivity index (χ1) is 8.78. The minimum absolute atomic E-state index is 0.462. The molecule has 1 fully saturated rings. The van der Waals surface area contributed by atoms with E-state index in [1.807, 2.05) is 6.26 Å². The van der Waals surface area contributed by atoms with Gasteiger partial charge in [0.1, 0.15) is 11.6 Å².